The van der Waals surface area contributed by atoms with Gasteiger partial charge in [-0.1, -0.05) is 26.2 Å². The Morgan fingerprint density at radius 2 is 1.85 bits per heavy atom. The second-order valence-corrected chi connectivity index (χ2v) is 6.13. The van der Waals surface area contributed by atoms with Gasteiger partial charge in [-0.3, -0.25) is 9.59 Å². The molecule has 0 aromatic carbocycles. The number of rotatable bonds is 7. The van der Waals surface area contributed by atoms with Crippen molar-refractivity contribution >= 4 is 11.8 Å². The number of carbonyl (C=O) groups is 2. The van der Waals surface area contributed by atoms with Gasteiger partial charge in [0.05, 0.1) is 0 Å². The molecule has 1 N–H and O–H groups in total. The minimum atomic E-state index is 0.0205. The van der Waals surface area contributed by atoms with Crippen LogP contribution in [0.15, 0.2) is 0 Å². The van der Waals surface area contributed by atoms with Gasteiger partial charge in [0, 0.05) is 33.0 Å². The molecule has 4 nitrogen and oxygen atoms in total. The van der Waals surface area contributed by atoms with Crippen LogP contribution in [0.25, 0.3) is 0 Å². The molecular weight excluding hydrogens is 252 g/mol. The molecule has 1 saturated carbocycles. The first-order chi connectivity index (χ1) is 9.52. The number of carbonyl (C=O) groups excluding carboxylic acids is 2. The first kappa shape index (κ1) is 17.0. The van der Waals surface area contributed by atoms with E-state index in [0.717, 1.165) is 32.2 Å². The molecule has 20 heavy (non-hydrogen) atoms. The number of hydrogen-bond acceptors (Lipinski definition) is 2. The lowest BCUT2D eigenvalue weighted by Gasteiger charge is -2.36. The Bertz CT molecular complexity index is 318. The fourth-order valence-corrected chi connectivity index (χ4v) is 3.08. The van der Waals surface area contributed by atoms with E-state index in [9.17, 15) is 9.59 Å². The summed E-state index contributed by atoms with van der Waals surface area (Å²) < 4.78 is 0. The second kappa shape index (κ2) is 8.98. The van der Waals surface area contributed by atoms with Gasteiger partial charge < -0.3 is 10.2 Å². The predicted molar refractivity (Wildman–Crippen MR) is 81.3 cm³/mol. The SMILES string of the molecule is CC(=O)NCCCCCC(=O)N(C)C1CCCCC1C. The molecular formula is C16H30N2O2. The average Bonchev–Trinajstić information content (AvgIpc) is 2.42. The van der Waals surface area contributed by atoms with Crippen molar-refractivity contribution < 1.29 is 9.59 Å². The van der Waals surface area contributed by atoms with E-state index in [4.69, 9.17) is 0 Å². The molecule has 0 spiro atoms. The van der Waals surface area contributed by atoms with E-state index in [0.29, 0.717) is 18.4 Å². The van der Waals surface area contributed by atoms with Crippen molar-refractivity contribution in [1.29, 1.82) is 0 Å². The van der Waals surface area contributed by atoms with Gasteiger partial charge in [-0.15, -0.1) is 0 Å². The highest BCUT2D eigenvalue weighted by molar-refractivity contribution is 5.76. The van der Waals surface area contributed by atoms with Gasteiger partial charge in [0.15, 0.2) is 0 Å². The third-order valence-electron chi connectivity index (χ3n) is 4.40. The topological polar surface area (TPSA) is 49.4 Å². The van der Waals surface area contributed by atoms with Crippen molar-refractivity contribution in [3.05, 3.63) is 0 Å². The Balaban J connectivity index is 2.16. The van der Waals surface area contributed by atoms with Crippen LogP contribution in [-0.2, 0) is 9.59 Å². The van der Waals surface area contributed by atoms with Gasteiger partial charge >= 0.3 is 0 Å². The normalized spacial score (nSPS) is 22.4. The summed E-state index contributed by atoms with van der Waals surface area (Å²) in [6.07, 6.45) is 8.48. The summed E-state index contributed by atoms with van der Waals surface area (Å²) >= 11 is 0. The van der Waals surface area contributed by atoms with E-state index in [1.165, 1.54) is 26.2 Å². The molecule has 2 amide bonds. The number of amides is 2. The first-order valence-corrected chi connectivity index (χ1v) is 8.02. The fraction of sp³-hybridized carbons (Fsp3) is 0.875. The van der Waals surface area contributed by atoms with Crippen molar-refractivity contribution in [2.45, 2.75) is 71.3 Å². The van der Waals surface area contributed by atoms with E-state index in [2.05, 4.69) is 12.2 Å². The largest absolute Gasteiger partial charge is 0.356 e. The fourth-order valence-electron chi connectivity index (χ4n) is 3.08. The maximum absolute atomic E-state index is 12.2. The van der Waals surface area contributed by atoms with Crippen LogP contribution in [0, 0.1) is 5.92 Å². The number of nitrogens with zero attached hydrogens (tertiary/aromatic N) is 1. The van der Waals surface area contributed by atoms with E-state index in [1.54, 1.807) is 0 Å². The predicted octanol–water partition coefficient (Wildman–Crippen LogP) is 2.72. The molecule has 1 aliphatic carbocycles. The molecule has 2 unspecified atom stereocenters. The standard InChI is InChI=1S/C16H30N2O2/c1-13-9-6-7-10-15(13)18(3)16(20)11-5-4-8-12-17-14(2)19/h13,15H,4-12H2,1-3H3,(H,17,19). The molecule has 1 fully saturated rings. The molecule has 1 aliphatic rings. The minimum Gasteiger partial charge on any atom is -0.356 e. The van der Waals surface area contributed by atoms with Crippen LogP contribution in [0.4, 0.5) is 0 Å². The number of hydrogen-bond donors (Lipinski definition) is 1. The number of nitrogens with one attached hydrogen (secondary N) is 1. The molecule has 0 bridgehead atoms. The highest BCUT2D eigenvalue weighted by Crippen LogP contribution is 2.27. The second-order valence-electron chi connectivity index (χ2n) is 6.13. The molecule has 0 heterocycles. The average molecular weight is 282 g/mol. The van der Waals surface area contributed by atoms with Crippen LogP contribution in [-0.4, -0.2) is 36.3 Å². The van der Waals surface area contributed by atoms with Crippen LogP contribution in [0.3, 0.4) is 0 Å². The summed E-state index contributed by atoms with van der Waals surface area (Å²) in [7, 11) is 1.96. The van der Waals surface area contributed by atoms with E-state index in [1.807, 2.05) is 11.9 Å². The zero-order chi connectivity index (χ0) is 15.0. The third-order valence-corrected chi connectivity index (χ3v) is 4.40. The summed E-state index contributed by atoms with van der Waals surface area (Å²) in [6, 6.07) is 0.440. The van der Waals surface area contributed by atoms with Gasteiger partial charge in [-0.05, 0) is 31.6 Å². The van der Waals surface area contributed by atoms with Crippen LogP contribution < -0.4 is 5.32 Å². The Morgan fingerprint density at radius 1 is 1.15 bits per heavy atom. The summed E-state index contributed by atoms with van der Waals surface area (Å²) in [5.74, 6) is 0.938. The van der Waals surface area contributed by atoms with Gasteiger partial charge in [-0.25, -0.2) is 0 Å². The Morgan fingerprint density at radius 3 is 2.50 bits per heavy atom. The lowest BCUT2D eigenvalue weighted by Crippen LogP contribution is -2.42. The molecule has 4 heteroatoms. The van der Waals surface area contributed by atoms with Crippen LogP contribution in [0.2, 0.25) is 0 Å². The van der Waals surface area contributed by atoms with Gasteiger partial charge in [0.1, 0.15) is 0 Å². The highest BCUT2D eigenvalue weighted by Gasteiger charge is 2.27. The lowest BCUT2D eigenvalue weighted by molar-refractivity contribution is -0.133. The van der Waals surface area contributed by atoms with Gasteiger partial charge in [0.25, 0.3) is 0 Å². The Labute approximate surface area is 123 Å². The van der Waals surface area contributed by atoms with Crippen molar-refractivity contribution in [2.75, 3.05) is 13.6 Å². The maximum Gasteiger partial charge on any atom is 0.222 e. The van der Waals surface area contributed by atoms with Crippen molar-refractivity contribution in [1.82, 2.24) is 10.2 Å². The molecule has 0 radical (unpaired) electrons. The van der Waals surface area contributed by atoms with E-state index >= 15 is 0 Å². The maximum atomic E-state index is 12.2. The minimum absolute atomic E-state index is 0.0205. The zero-order valence-corrected chi connectivity index (χ0v) is 13.3. The summed E-state index contributed by atoms with van der Waals surface area (Å²) in [5.41, 5.74) is 0. The Kier molecular flexibility index (Phi) is 7.63. The van der Waals surface area contributed by atoms with Crippen LogP contribution >= 0.6 is 0 Å². The molecule has 2 atom stereocenters. The highest BCUT2D eigenvalue weighted by atomic mass is 16.2. The summed E-state index contributed by atoms with van der Waals surface area (Å²) in [5, 5.41) is 2.78. The van der Waals surface area contributed by atoms with Crippen molar-refractivity contribution in [2.24, 2.45) is 5.92 Å². The monoisotopic (exact) mass is 282 g/mol. The van der Waals surface area contributed by atoms with Crippen LogP contribution in [0.5, 0.6) is 0 Å². The zero-order valence-electron chi connectivity index (χ0n) is 13.3. The van der Waals surface area contributed by atoms with Crippen molar-refractivity contribution in [3.8, 4) is 0 Å². The lowest BCUT2D eigenvalue weighted by atomic mass is 9.85. The van der Waals surface area contributed by atoms with Gasteiger partial charge in [-0.2, -0.15) is 0 Å². The molecule has 1 rings (SSSR count). The van der Waals surface area contributed by atoms with Gasteiger partial charge in [0.2, 0.25) is 11.8 Å². The molecule has 0 aromatic heterocycles. The smallest absolute Gasteiger partial charge is 0.222 e. The Hall–Kier alpha value is -1.06. The van der Waals surface area contributed by atoms with Crippen LogP contribution in [0.1, 0.15) is 65.2 Å². The summed E-state index contributed by atoms with van der Waals surface area (Å²) in [6.45, 7) is 4.52. The first-order valence-electron chi connectivity index (χ1n) is 8.02. The molecule has 0 saturated heterocycles. The summed E-state index contributed by atoms with van der Waals surface area (Å²) in [4.78, 5) is 24.9. The number of unbranched alkanes of at least 4 members (excludes halogenated alkanes) is 2. The molecule has 116 valence electrons. The molecule has 0 aliphatic heterocycles. The van der Waals surface area contributed by atoms with E-state index in [-0.39, 0.29) is 11.8 Å². The third kappa shape index (κ3) is 5.93. The van der Waals surface area contributed by atoms with Crippen molar-refractivity contribution in [3.63, 3.8) is 0 Å². The quantitative estimate of drug-likeness (QED) is 0.730. The molecule has 0 aromatic rings. The van der Waals surface area contributed by atoms with E-state index < -0.39 is 0 Å².